The van der Waals surface area contributed by atoms with E-state index in [4.69, 9.17) is 31.2 Å². The molecule has 0 spiro atoms. The predicted octanol–water partition coefficient (Wildman–Crippen LogP) is 3.52. The number of methoxy groups -OCH3 is 4. The molecule has 9 heteroatoms. The van der Waals surface area contributed by atoms with Crippen molar-refractivity contribution in [2.45, 2.75) is 0 Å². The van der Waals surface area contributed by atoms with E-state index >= 15 is 0 Å². The molecule has 1 N–H and O–H groups in total. The van der Waals surface area contributed by atoms with E-state index in [1.807, 2.05) is 24.3 Å². The number of nitrogens with one attached hydrogen (secondary N) is 1. The molecule has 2 aromatic carbocycles. The van der Waals surface area contributed by atoms with Gasteiger partial charge in [0.1, 0.15) is 11.5 Å². The third-order valence-electron chi connectivity index (χ3n) is 4.05. The molecule has 0 radical (unpaired) electrons. The van der Waals surface area contributed by atoms with Gasteiger partial charge in [0.15, 0.2) is 17.3 Å². The zero-order valence-electron chi connectivity index (χ0n) is 15.9. The van der Waals surface area contributed by atoms with Crippen LogP contribution in [-0.2, 0) is 0 Å². The van der Waals surface area contributed by atoms with Gasteiger partial charge in [-0.25, -0.2) is 5.10 Å². The fraction of sp³-hybridized carbons (Fsp3) is 0.211. The van der Waals surface area contributed by atoms with Crippen LogP contribution in [0.1, 0.15) is 5.56 Å². The van der Waals surface area contributed by atoms with E-state index < -0.39 is 0 Å². The van der Waals surface area contributed by atoms with E-state index in [0.717, 1.165) is 11.1 Å². The third kappa shape index (κ3) is 3.84. The smallest absolute Gasteiger partial charge is 0.216 e. The summed E-state index contributed by atoms with van der Waals surface area (Å²) in [5.74, 6) is 3.07. The van der Waals surface area contributed by atoms with Gasteiger partial charge < -0.3 is 18.9 Å². The maximum absolute atomic E-state index is 5.40. The number of aromatic nitrogens is 3. The minimum atomic E-state index is 0.355. The minimum absolute atomic E-state index is 0.355. The Bertz CT molecular complexity index is 1060. The average molecular weight is 400 g/mol. The zero-order chi connectivity index (χ0) is 20.1. The number of ether oxygens (including phenoxy) is 4. The Labute approximate surface area is 167 Å². The molecule has 0 atom stereocenters. The van der Waals surface area contributed by atoms with E-state index in [9.17, 15) is 0 Å². The normalized spacial score (nSPS) is 10.9. The molecular weight excluding hydrogens is 380 g/mol. The van der Waals surface area contributed by atoms with Crippen LogP contribution in [-0.4, -0.2) is 49.5 Å². The summed E-state index contributed by atoms with van der Waals surface area (Å²) < 4.78 is 23.1. The first-order valence-electron chi connectivity index (χ1n) is 8.27. The lowest BCUT2D eigenvalue weighted by Gasteiger charge is -2.09. The first-order chi connectivity index (χ1) is 13.6. The van der Waals surface area contributed by atoms with E-state index in [1.54, 1.807) is 46.8 Å². The Morgan fingerprint density at radius 3 is 2.36 bits per heavy atom. The highest BCUT2D eigenvalue weighted by Gasteiger charge is 2.12. The molecule has 3 rings (SSSR count). The van der Waals surface area contributed by atoms with Gasteiger partial charge >= 0.3 is 0 Å². The van der Waals surface area contributed by atoms with Crippen LogP contribution in [0, 0.1) is 4.77 Å². The molecule has 0 fully saturated rings. The molecule has 1 aromatic heterocycles. The summed E-state index contributed by atoms with van der Waals surface area (Å²) in [7, 11) is 6.35. The number of rotatable bonds is 7. The lowest BCUT2D eigenvalue weighted by Crippen LogP contribution is -1.98. The summed E-state index contributed by atoms with van der Waals surface area (Å²) in [4.78, 5) is 0. The van der Waals surface area contributed by atoms with Crippen LogP contribution in [0.3, 0.4) is 0 Å². The molecule has 146 valence electrons. The number of hydrogen-bond donors (Lipinski definition) is 1. The second kappa shape index (κ2) is 8.57. The number of hydrogen-bond acceptors (Lipinski definition) is 7. The van der Waals surface area contributed by atoms with Crippen molar-refractivity contribution in [1.82, 2.24) is 14.9 Å². The molecule has 0 amide bonds. The van der Waals surface area contributed by atoms with E-state index in [-0.39, 0.29) is 0 Å². The first-order valence-corrected chi connectivity index (χ1v) is 8.68. The van der Waals surface area contributed by atoms with E-state index in [0.29, 0.717) is 33.6 Å². The molecule has 0 bridgehead atoms. The second-order valence-corrected chi connectivity index (χ2v) is 5.97. The molecule has 1 heterocycles. The Morgan fingerprint density at radius 1 is 0.929 bits per heavy atom. The van der Waals surface area contributed by atoms with Crippen LogP contribution in [0.15, 0.2) is 41.5 Å². The molecule has 8 nitrogen and oxygen atoms in total. The van der Waals surface area contributed by atoms with Crippen molar-refractivity contribution in [2.24, 2.45) is 5.10 Å². The summed E-state index contributed by atoms with van der Waals surface area (Å²) in [5, 5.41) is 11.5. The highest BCUT2D eigenvalue weighted by molar-refractivity contribution is 7.71. The summed E-state index contributed by atoms with van der Waals surface area (Å²) in [6, 6.07) is 10.9. The molecule has 0 saturated carbocycles. The van der Waals surface area contributed by atoms with Gasteiger partial charge in [-0.1, -0.05) is 0 Å². The van der Waals surface area contributed by atoms with Gasteiger partial charge in [0.25, 0.3) is 0 Å². The van der Waals surface area contributed by atoms with Crippen molar-refractivity contribution in [3.63, 3.8) is 0 Å². The fourth-order valence-corrected chi connectivity index (χ4v) is 2.79. The Balaban J connectivity index is 2.01. The number of aromatic amines is 1. The maximum Gasteiger partial charge on any atom is 0.216 e. The maximum atomic E-state index is 5.40. The van der Waals surface area contributed by atoms with Crippen molar-refractivity contribution in [3.05, 3.63) is 46.7 Å². The molecule has 0 unspecified atom stereocenters. The third-order valence-corrected chi connectivity index (χ3v) is 4.31. The quantitative estimate of drug-likeness (QED) is 0.483. The molecule has 0 aliphatic rings. The van der Waals surface area contributed by atoms with E-state index in [1.165, 1.54) is 4.68 Å². The van der Waals surface area contributed by atoms with Crippen molar-refractivity contribution in [1.29, 1.82) is 0 Å². The molecule has 3 aromatic rings. The number of H-pyrrole nitrogens is 1. The van der Waals surface area contributed by atoms with E-state index in [2.05, 4.69) is 15.3 Å². The summed E-state index contributed by atoms with van der Waals surface area (Å²) in [5.41, 5.74) is 1.54. The Morgan fingerprint density at radius 2 is 1.68 bits per heavy atom. The first kappa shape index (κ1) is 19.4. The summed E-state index contributed by atoms with van der Waals surface area (Å²) in [6.07, 6.45) is 1.65. The second-order valence-electron chi connectivity index (χ2n) is 5.59. The van der Waals surface area contributed by atoms with Gasteiger partial charge in [0.2, 0.25) is 4.77 Å². The highest BCUT2D eigenvalue weighted by atomic mass is 32.1. The standard InChI is InChI=1S/C19H20N4O4S/c1-24-14-7-5-13(16(10-14)26-3)11-20-23-18(21-22-19(23)28)12-6-8-15(25-2)17(9-12)27-4/h5-11H,1-4H3,(H,22,28). The fourth-order valence-electron chi connectivity index (χ4n) is 2.61. The van der Waals surface area contributed by atoms with Crippen LogP contribution in [0.2, 0.25) is 0 Å². The van der Waals surface area contributed by atoms with Crippen LogP contribution in [0.5, 0.6) is 23.0 Å². The van der Waals surface area contributed by atoms with Crippen molar-refractivity contribution in [2.75, 3.05) is 28.4 Å². The van der Waals surface area contributed by atoms with Crippen LogP contribution >= 0.6 is 12.2 Å². The Hall–Kier alpha value is -3.33. The lowest BCUT2D eigenvalue weighted by atomic mass is 10.2. The van der Waals surface area contributed by atoms with Crippen molar-refractivity contribution >= 4 is 18.4 Å². The van der Waals surface area contributed by atoms with Crippen LogP contribution in [0.4, 0.5) is 0 Å². The van der Waals surface area contributed by atoms with Crippen molar-refractivity contribution in [3.8, 4) is 34.4 Å². The minimum Gasteiger partial charge on any atom is -0.497 e. The lowest BCUT2D eigenvalue weighted by molar-refractivity contribution is 0.355. The average Bonchev–Trinajstić information content (AvgIpc) is 3.11. The predicted molar refractivity (Wildman–Crippen MR) is 108 cm³/mol. The van der Waals surface area contributed by atoms with Gasteiger partial charge in [0, 0.05) is 17.2 Å². The van der Waals surface area contributed by atoms with Crippen LogP contribution in [0.25, 0.3) is 11.4 Å². The summed E-state index contributed by atoms with van der Waals surface area (Å²) in [6.45, 7) is 0. The SMILES string of the molecule is COc1ccc(C=Nn2c(-c3ccc(OC)c(OC)c3)n[nH]c2=S)c(OC)c1. The number of benzene rings is 2. The van der Waals surface area contributed by atoms with Gasteiger partial charge in [-0.3, -0.25) is 0 Å². The van der Waals surface area contributed by atoms with Gasteiger partial charge in [-0.2, -0.15) is 14.9 Å². The summed E-state index contributed by atoms with van der Waals surface area (Å²) >= 11 is 5.32. The van der Waals surface area contributed by atoms with Gasteiger partial charge in [0.05, 0.1) is 34.7 Å². The molecule has 0 aliphatic heterocycles. The highest BCUT2D eigenvalue weighted by Crippen LogP contribution is 2.31. The van der Waals surface area contributed by atoms with Gasteiger partial charge in [-0.15, -0.1) is 0 Å². The zero-order valence-corrected chi connectivity index (χ0v) is 16.7. The van der Waals surface area contributed by atoms with Crippen molar-refractivity contribution < 1.29 is 18.9 Å². The van der Waals surface area contributed by atoms with Crippen LogP contribution < -0.4 is 18.9 Å². The molecule has 0 saturated heterocycles. The monoisotopic (exact) mass is 400 g/mol. The number of nitrogens with zero attached hydrogens (tertiary/aromatic N) is 3. The van der Waals surface area contributed by atoms with Gasteiger partial charge in [-0.05, 0) is 42.5 Å². The topological polar surface area (TPSA) is 82.9 Å². The molecular formula is C19H20N4O4S. The molecule has 28 heavy (non-hydrogen) atoms. The largest absolute Gasteiger partial charge is 0.497 e. The molecule has 0 aliphatic carbocycles. The Kier molecular flexibility index (Phi) is 5.95.